The van der Waals surface area contributed by atoms with Gasteiger partial charge in [-0.3, -0.25) is 14.3 Å². The number of alkyl halides is 3. The van der Waals surface area contributed by atoms with E-state index in [1.165, 1.54) is 23.0 Å². The molecule has 0 aliphatic heterocycles. The van der Waals surface area contributed by atoms with Crippen LogP contribution in [0.5, 0.6) is 0 Å². The Kier molecular flexibility index (Phi) is 4.09. The normalized spacial score (nSPS) is 13.2. The minimum absolute atomic E-state index is 0.0367. The summed E-state index contributed by atoms with van der Waals surface area (Å²) in [5.74, 6) is 0. The Morgan fingerprint density at radius 3 is 2.67 bits per heavy atom. The van der Waals surface area contributed by atoms with Crippen molar-refractivity contribution in [1.82, 2.24) is 14.5 Å². The number of hydrogen-bond donors (Lipinski definition) is 0. The molecule has 0 radical (unpaired) electrons. The molecule has 0 N–H and O–H groups in total. The molecule has 1 atom stereocenters. The van der Waals surface area contributed by atoms with E-state index in [0.717, 1.165) is 11.6 Å². The molecule has 0 saturated carbocycles. The topological polar surface area (TPSA) is 47.8 Å². The predicted molar refractivity (Wildman–Crippen MR) is 83.7 cm³/mol. The lowest BCUT2D eigenvalue weighted by Crippen LogP contribution is -2.25. The van der Waals surface area contributed by atoms with Crippen LogP contribution < -0.4 is 5.56 Å². The Balaban J connectivity index is 2.05. The first-order valence-corrected chi connectivity index (χ1v) is 7.34. The van der Waals surface area contributed by atoms with Crippen molar-refractivity contribution in [2.24, 2.45) is 0 Å². The summed E-state index contributed by atoms with van der Waals surface area (Å²) < 4.78 is 40.5. The van der Waals surface area contributed by atoms with Gasteiger partial charge in [0.25, 0.3) is 5.56 Å². The van der Waals surface area contributed by atoms with Gasteiger partial charge in [0, 0.05) is 18.4 Å². The maximum absolute atomic E-state index is 13.0. The van der Waals surface area contributed by atoms with Crippen molar-refractivity contribution >= 4 is 10.9 Å². The fourth-order valence-corrected chi connectivity index (χ4v) is 2.67. The Bertz CT molecular complexity index is 920. The first-order valence-electron chi connectivity index (χ1n) is 7.34. The molecule has 3 rings (SSSR count). The molecule has 24 heavy (non-hydrogen) atoms. The number of pyridine rings is 1. The second kappa shape index (κ2) is 6.07. The van der Waals surface area contributed by atoms with Gasteiger partial charge in [0.1, 0.15) is 0 Å². The number of fused-ring (bicyclic) bond motifs is 1. The van der Waals surface area contributed by atoms with Gasteiger partial charge in [-0.05, 0) is 37.1 Å². The van der Waals surface area contributed by atoms with Crippen molar-refractivity contribution in [3.05, 3.63) is 70.5 Å². The van der Waals surface area contributed by atoms with Gasteiger partial charge in [-0.15, -0.1) is 0 Å². The lowest BCUT2D eigenvalue weighted by Gasteiger charge is -2.16. The second-order valence-corrected chi connectivity index (χ2v) is 5.57. The number of para-hydroxylation sites is 1. The first kappa shape index (κ1) is 16.2. The average Bonchev–Trinajstić information content (AvgIpc) is 2.54. The Labute approximate surface area is 135 Å². The highest BCUT2D eigenvalue weighted by Crippen LogP contribution is 2.32. The average molecular weight is 333 g/mol. The summed E-state index contributed by atoms with van der Waals surface area (Å²) in [5, 5.41) is -0.0367. The van der Waals surface area contributed by atoms with Crippen LogP contribution in [0.1, 0.15) is 24.1 Å². The minimum atomic E-state index is -4.55. The number of rotatable bonds is 3. The van der Waals surface area contributed by atoms with Gasteiger partial charge in [0.2, 0.25) is 0 Å². The lowest BCUT2D eigenvalue weighted by atomic mass is 10.1. The van der Waals surface area contributed by atoms with Gasteiger partial charge in [-0.25, -0.2) is 4.98 Å². The van der Waals surface area contributed by atoms with E-state index in [-0.39, 0.29) is 16.9 Å². The van der Waals surface area contributed by atoms with Crippen molar-refractivity contribution in [2.45, 2.75) is 25.6 Å². The number of benzene rings is 1. The quantitative estimate of drug-likeness (QED) is 0.735. The van der Waals surface area contributed by atoms with Crippen LogP contribution in [0.2, 0.25) is 0 Å². The molecule has 7 heteroatoms. The first-order chi connectivity index (χ1) is 11.4. The summed E-state index contributed by atoms with van der Waals surface area (Å²) in [7, 11) is 0. The zero-order valence-electron chi connectivity index (χ0n) is 12.8. The molecular weight excluding hydrogens is 319 g/mol. The highest BCUT2D eigenvalue weighted by atomic mass is 19.4. The van der Waals surface area contributed by atoms with Gasteiger partial charge in [-0.1, -0.05) is 12.1 Å². The second-order valence-electron chi connectivity index (χ2n) is 5.57. The zero-order chi connectivity index (χ0) is 17.3. The molecule has 0 bridgehead atoms. The molecule has 1 aromatic carbocycles. The van der Waals surface area contributed by atoms with Crippen molar-refractivity contribution in [3.8, 4) is 0 Å². The molecule has 0 aliphatic rings. The van der Waals surface area contributed by atoms with Crippen molar-refractivity contribution in [3.63, 3.8) is 0 Å². The van der Waals surface area contributed by atoms with Crippen LogP contribution >= 0.6 is 0 Å². The molecule has 0 fully saturated rings. The van der Waals surface area contributed by atoms with Crippen LogP contribution in [0, 0.1) is 0 Å². The van der Waals surface area contributed by atoms with Crippen LogP contribution in [-0.2, 0) is 12.6 Å². The Hall–Kier alpha value is -2.70. The van der Waals surface area contributed by atoms with Gasteiger partial charge in [0.05, 0.1) is 22.8 Å². The third-order valence-electron chi connectivity index (χ3n) is 3.85. The van der Waals surface area contributed by atoms with Crippen LogP contribution in [0.25, 0.3) is 10.9 Å². The van der Waals surface area contributed by atoms with Crippen molar-refractivity contribution in [2.75, 3.05) is 0 Å². The summed E-state index contributed by atoms with van der Waals surface area (Å²) in [6.07, 6.45) is 0.502. The van der Waals surface area contributed by atoms with E-state index in [1.807, 2.05) is 13.0 Å². The van der Waals surface area contributed by atoms with Gasteiger partial charge < -0.3 is 0 Å². The number of halogens is 3. The largest absolute Gasteiger partial charge is 0.418 e. The minimum Gasteiger partial charge on any atom is -0.296 e. The molecule has 4 nitrogen and oxygen atoms in total. The summed E-state index contributed by atoms with van der Waals surface area (Å²) in [5.41, 5.74) is -0.771. The highest BCUT2D eigenvalue weighted by molar-refractivity contribution is 5.81. The van der Waals surface area contributed by atoms with Gasteiger partial charge in [0.15, 0.2) is 0 Å². The fourth-order valence-electron chi connectivity index (χ4n) is 2.67. The summed E-state index contributed by atoms with van der Waals surface area (Å²) in [4.78, 5) is 20.5. The zero-order valence-corrected chi connectivity index (χ0v) is 12.8. The summed E-state index contributed by atoms with van der Waals surface area (Å²) in [6.45, 7) is 1.82. The fraction of sp³-hybridized carbons (Fsp3) is 0.235. The Morgan fingerprint density at radius 2 is 2.00 bits per heavy atom. The SMILES string of the molecule is CC(Cc1cccnc1)n1cnc2c(C(F)(F)F)cccc2c1=O. The van der Waals surface area contributed by atoms with Crippen LogP contribution in [0.3, 0.4) is 0 Å². The third-order valence-corrected chi connectivity index (χ3v) is 3.85. The maximum Gasteiger partial charge on any atom is 0.418 e. The van der Waals surface area contributed by atoms with E-state index >= 15 is 0 Å². The number of nitrogens with zero attached hydrogens (tertiary/aromatic N) is 3. The molecule has 0 amide bonds. The molecule has 3 aromatic rings. The van der Waals surface area contributed by atoms with Crippen molar-refractivity contribution < 1.29 is 13.2 Å². The third kappa shape index (κ3) is 3.02. The number of hydrogen-bond acceptors (Lipinski definition) is 3. The smallest absolute Gasteiger partial charge is 0.296 e. The predicted octanol–water partition coefficient (Wildman–Crippen LogP) is 3.61. The van der Waals surface area contributed by atoms with Crippen LogP contribution in [0.15, 0.2) is 53.8 Å². The molecule has 2 heterocycles. The number of aromatic nitrogens is 3. The maximum atomic E-state index is 13.0. The molecule has 0 aliphatic carbocycles. The van der Waals surface area contributed by atoms with E-state index in [1.54, 1.807) is 18.5 Å². The van der Waals surface area contributed by atoms with Crippen molar-refractivity contribution in [1.29, 1.82) is 0 Å². The van der Waals surface area contributed by atoms with E-state index in [4.69, 9.17) is 0 Å². The van der Waals surface area contributed by atoms with Crippen LogP contribution in [0.4, 0.5) is 13.2 Å². The monoisotopic (exact) mass is 333 g/mol. The van der Waals surface area contributed by atoms with E-state index < -0.39 is 17.3 Å². The summed E-state index contributed by atoms with van der Waals surface area (Å²) >= 11 is 0. The summed E-state index contributed by atoms with van der Waals surface area (Å²) in [6, 6.07) is 6.94. The van der Waals surface area contributed by atoms with Gasteiger partial charge >= 0.3 is 6.18 Å². The molecule has 1 unspecified atom stereocenters. The molecular formula is C17H14F3N3O. The molecule has 0 saturated heterocycles. The van der Waals surface area contributed by atoms with Gasteiger partial charge in [-0.2, -0.15) is 13.2 Å². The highest BCUT2D eigenvalue weighted by Gasteiger charge is 2.33. The lowest BCUT2D eigenvalue weighted by molar-refractivity contribution is -0.136. The van der Waals surface area contributed by atoms with E-state index in [9.17, 15) is 18.0 Å². The van der Waals surface area contributed by atoms with Crippen LogP contribution in [-0.4, -0.2) is 14.5 Å². The van der Waals surface area contributed by atoms with E-state index in [0.29, 0.717) is 6.42 Å². The Morgan fingerprint density at radius 1 is 1.21 bits per heavy atom. The van der Waals surface area contributed by atoms with E-state index in [2.05, 4.69) is 9.97 Å². The molecule has 0 spiro atoms. The molecule has 124 valence electrons. The molecule has 2 aromatic heterocycles. The standard InChI is InChI=1S/C17H14F3N3O/c1-11(8-12-4-3-7-21-9-12)23-10-22-15-13(16(23)24)5-2-6-14(15)17(18,19)20/h2-7,9-11H,8H2,1H3.